The molecule has 17 heavy (non-hydrogen) atoms. The molecule has 0 fully saturated rings. The Morgan fingerprint density at radius 2 is 1.65 bits per heavy atom. The van der Waals surface area contributed by atoms with Gasteiger partial charge in [0.15, 0.2) is 0 Å². The number of hydrogen-bond acceptors (Lipinski definition) is 1. The molecular weight excluding hydrogens is 212 g/mol. The fourth-order valence-electron chi connectivity index (χ4n) is 1.41. The molecule has 1 aromatic rings. The van der Waals surface area contributed by atoms with Crippen LogP contribution in [0.15, 0.2) is 30.3 Å². The molecule has 0 atom stereocenters. The molecule has 2 heteroatoms. The lowest BCUT2D eigenvalue weighted by Crippen LogP contribution is -1.93. The first-order chi connectivity index (χ1) is 8.16. The molecule has 0 unspecified atom stereocenters. The van der Waals surface area contributed by atoms with Gasteiger partial charge in [-0.05, 0) is 13.3 Å². The van der Waals surface area contributed by atoms with Crippen molar-refractivity contribution < 1.29 is 9.90 Å². The van der Waals surface area contributed by atoms with E-state index in [9.17, 15) is 4.79 Å². The number of carboxylic acids is 1. The van der Waals surface area contributed by atoms with Gasteiger partial charge in [-0.25, -0.2) is 0 Å². The van der Waals surface area contributed by atoms with E-state index in [0.29, 0.717) is 6.42 Å². The maximum Gasteiger partial charge on any atom is 0.303 e. The number of unbranched alkanes of at least 4 members (excludes halogenated alkanes) is 4. The summed E-state index contributed by atoms with van der Waals surface area (Å²) in [6, 6.07) is 10.3. The highest BCUT2D eigenvalue weighted by molar-refractivity contribution is 5.66. The van der Waals surface area contributed by atoms with Gasteiger partial charge in [0, 0.05) is 6.42 Å². The summed E-state index contributed by atoms with van der Waals surface area (Å²) in [5.74, 6) is -0.670. The van der Waals surface area contributed by atoms with Gasteiger partial charge in [0.25, 0.3) is 0 Å². The molecule has 1 rings (SSSR count). The van der Waals surface area contributed by atoms with Gasteiger partial charge in [-0.2, -0.15) is 0 Å². The standard InChI is InChI=1S/C8H16O2.C7H8/c1-2-3-4-5-6-7-8(9)10;1-7-5-3-2-4-6-7/h2-7H2,1H3,(H,9,10);2-6H,1H3. The van der Waals surface area contributed by atoms with Crippen LogP contribution in [0.1, 0.15) is 51.0 Å². The first kappa shape index (κ1) is 15.7. The van der Waals surface area contributed by atoms with E-state index in [2.05, 4.69) is 26.0 Å². The molecule has 0 aliphatic carbocycles. The van der Waals surface area contributed by atoms with E-state index >= 15 is 0 Å². The maximum absolute atomic E-state index is 10.0. The predicted molar refractivity (Wildman–Crippen MR) is 72.2 cm³/mol. The Labute approximate surface area is 105 Å². The second-order valence-corrected chi connectivity index (χ2v) is 4.21. The molecule has 0 saturated carbocycles. The molecule has 0 aliphatic heterocycles. The summed E-state index contributed by atoms with van der Waals surface area (Å²) in [6.07, 6.45) is 5.88. The number of carboxylic acid groups (broad SMARTS) is 1. The van der Waals surface area contributed by atoms with E-state index in [0.717, 1.165) is 12.8 Å². The van der Waals surface area contributed by atoms with Crippen LogP contribution in [0.25, 0.3) is 0 Å². The SMILES string of the molecule is CCCCCCCC(=O)O.Cc1ccccc1. The van der Waals surface area contributed by atoms with Crippen molar-refractivity contribution in [3.05, 3.63) is 35.9 Å². The highest BCUT2D eigenvalue weighted by Gasteiger charge is 1.94. The van der Waals surface area contributed by atoms with Crippen molar-refractivity contribution >= 4 is 5.97 Å². The molecular formula is C15H24O2. The molecule has 0 aliphatic rings. The number of carbonyl (C=O) groups is 1. The minimum Gasteiger partial charge on any atom is -0.481 e. The lowest BCUT2D eigenvalue weighted by atomic mass is 10.1. The van der Waals surface area contributed by atoms with Gasteiger partial charge < -0.3 is 5.11 Å². The molecule has 0 saturated heterocycles. The summed E-state index contributed by atoms with van der Waals surface area (Å²) < 4.78 is 0. The summed E-state index contributed by atoms with van der Waals surface area (Å²) in [7, 11) is 0. The Balaban J connectivity index is 0.000000318. The van der Waals surface area contributed by atoms with E-state index in [-0.39, 0.29) is 0 Å². The van der Waals surface area contributed by atoms with Gasteiger partial charge in [0.2, 0.25) is 0 Å². The van der Waals surface area contributed by atoms with Crippen molar-refractivity contribution in [1.29, 1.82) is 0 Å². The smallest absolute Gasteiger partial charge is 0.303 e. The van der Waals surface area contributed by atoms with Crippen LogP contribution in [0.2, 0.25) is 0 Å². The van der Waals surface area contributed by atoms with Crippen LogP contribution in [-0.2, 0) is 4.79 Å². The third-order valence-corrected chi connectivity index (χ3v) is 2.43. The number of rotatable bonds is 6. The van der Waals surface area contributed by atoms with Crippen molar-refractivity contribution in [1.82, 2.24) is 0 Å². The second kappa shape index (κ2) is 11.2. The zero-order valence-corrected chi connectivity index (χ0v) is 11.0. The number of aryl methyl sites for hydroxylation is 1. The summed E-state index contributed by atoms with van der Waals surface area (Å²) in [5.41, 5.74) is 1.32. The monoisotopic (exact) mass is 236 g/mol. The van der Waals surface area contributed by atoms with Crippen molar-refractivity contribution in [2.45, 2.75) is 52.4 Å². The maximum atomic E-state index is 10.0. The average Bonchev–Trinajstić information content (AvgIpc) is 2.30. The van der Waals surface area contributed by atoms with E-state index < -0.39 is 5.97 Å². The molecule has 0 amide bonds. The molecule has 96 valence electrons. The summed E-state index contributed by atoms with van der Waals surface area (Å²) in [5, 5.41) is 8.27. The van der Waals surface area contributed by atoms with Crippen LogP contribution in [0.4, 0.5) is 0 Å². The van der Waals surface area contributed by atoms with Crippen LogP contribution in [0.5, 0.6) is 0 Å². The molecule has 1 N–H and O–H groups in total. The number of benzene rings is 1. The van der Waals surface area contributed by atoms with Crippen molar-refractivity contribution in [2.75, 3.05) is 0 Å². The Morgan fingerprint density at radius 3 is 2.06 bits per heavy atom. The minimum atomic E-state index is -0.670. The number of hydrogen-bond donors (Lipinski definition) is 1. The van der Waals surface area contributed by atoms with Crippen LogP contribution < -0.4 is 0 Å². The molecule has 0 heterocycles. The lowest BCUT2D eigenvalue weighted by Gasteiger charge is -1.95. The van der Waals surface area contributed by atoms with E-state index in [1.807, 2.05) is 18.2 Å². The van der Waals surface area contributed by atoms with Crippen LogP contribution in [0.3, 0.4) is 0 Å². The molecule has 1 aromatic carbocycles. The largest absolute Gasteiger partial charge is 0.481 e. The Hall–Kier alpha value is -1.31. The first-order valence-corrected chi connectivity index (χ1v) is 6.40. The van der Waals surface area contributed by atoms with Gasteiger partial charge in [0.1, 0.15) is 0 Å². The average molecular weight is 236 g/mol. The van der Waals surface area contributed by atoms with Gasteiger partial charge in [0.05, 0.1) is 0 Å². The zero-order valence-electron chi connectivity index (χ0n) is 11.0. The molecule has 0 radical (unpaired) electrons. The second-order valence-electron chi connectivity index (χ2n) is 4.21. The Bertz CT molecular complexity index is 280. The van der Waals surface area contributed by atoms with Crippen molar-refractivity contribution in [2.24, 2.45) is 0 Å². The van der Waals surface area contributed by atoms with E-state index in [4.69, 9.17) is 5.11 Å². The van der Waals surface area contributed by atoms with Gasteiger partial charge >= 0.3 is 5.97 Å². The third-order valence-electron chi connectivity index (χ3n) is 2.43. The van der Waals surface area contributed by atoms with Crippen molar-refractivity contribution in [3.63, 3.8) is 0 Å². The van der Waals surface area contributed by atoms with E-state index in [1.54, 1.807) is 0 Å². The van der Waals surface area contributed by atoms with Crippen molar-refractivity contribution in [3.8, 4) is 0 Å². The van der Waals surface area contributed by atoms with Crippen LogP contribution in [0, 0.1) is 6.92 Å². The van der Waals surface area contributed by atoms with Crippen LogP contribution >= 0.6 is 0 Å². The molecule has 0 spiro atoms. The minimum absolute atomic E-state index is 0.337. The summed E-state index contributed by atoms with van der Waals surface area (Å²) >= 11 is 0. The summed E-state index contributed by atoms with van der Waals surface area (Å²) in [6.45, 7) is 4.23. The molecule has 0 bridgehead atoms. The molecule has 0 aromatic heterocycles. The quantitative estimate of drug-likeness (QED) is 0.742. The van der Waals surface area contributed by atoms with Gasteiger partial charge in [-0.3, -0.25) is 4.79 Å². The normalized spacial score (nSPS) is 9.29. The topological polar surface area (TPSA) is 37.3 Å². The van der Waals surface area contributed by atoms with Gasteiger partial charge in [-0.15, -0.1) is 0 Å². The Kier molecular flexibility index (Phi) is 10.3. The number of aliphatic carboxylic acids is 1. The fraction of sp³-hybridized carbons (Fsp3) is 0.533. The highest BCUT2D eigenvalue weighted by Crippen LogP contribution is 2.04. The highest BCUT2D eigenvalue weighted by atomic mass is 16.4. The van der Waals surface area contributed by atoms with E-state index in [1.165, 1.54) is 24.8 Å². The summed E-state index contributed by atoms with van der Waals surface area (Å²) in [4.78, 5) is 10.0. The third kappa shape index (κ3) is 12.6. The first-order valence-electron chi connectivity index (χ1n) is 6.40. The van der Waals surface area contributed by atoms with Gasteiger partial charge in [-0.1, -0.05) is 68.5 Å². The predicted octanol–water partition coefficient (Wildman–Crippen LogP) is 4.43. The molecule has 2 nitrogen and oxygen atoms in total. The fourth-order valence-corrected chi connectivity index (χ4v) is 1.41. The lowest BCUT2D eigenvalue weighted by molar-refractivity contribution is -0.137. The zero-order chi connectivity index (χ0) is 12.9. The van der Waals surface area contributed by atoms with Crippen LogP contribution in [-0.4, -0.2) is 11.1 Å². The Morgan fingerprint density at radius 1 is 1.06 bits per heavy atom.